The number of ether oxygens (including phenoxy) is 1. The molecule has 1 saturated carbocycles. The van der Waals surface area contributed by atoms with Crippen LogP contribution in [0.2, 0.25) is 0 Å². The van der Waals surface area contributed by atoms with E-state index in [-0.39, 0.29) is 5.54 Å². The highest BCUT2D eigenvalue weighted by Gasteiger charge is 2.42. The summed E-state index contributed by atoms with van der Waals surface area (Å²) < 4.78 is 6.62. The largest absolute Gasteiger partial charge is 0.494 e. The first-order valence-corrected chi connectivity index (χ1v) is 5.67. The van der Waals surface area contributed by atoms with Gasteiger partial charge in [0.05, 0.1) is 6.61 Å². The second-order valence-corrected chi connectivity index (χ2v) is 4.65. The molecule has 0 spiro atoms. The third-order valence-electron chi connectivity index (χ3n) is 2.57. The van der Waals surface area contributed by atoms with Gasteiger partial charge in [0.1, 0.15) is 5.75 Å². The Morgan fingerprint density at radius 3 is 2.79 bits per heavy atom. The molecule has 2 nitrogen and oxygen atoms in total. The molecule has 1 fully saturated rings. The summed E-state index contributed by atoms with van der Waals surface area (Å²) in [6, 6.07) is 6.04. The standard InChI is InChI=1S/C11H14BrNO/c1-2-14-10-4-3-8(12)7-9(10)11(13)5-6-11/h3-4,7H,2,5-6,13H2,1H3. The van der Waals surface area contributed by atoms with Crippen LogP contribution in [0, 0.1) is 0 Å². The fourth-order valence-electron chi connectivity index (χ4n) is 1.58. The van der Waals surface area contributed by atoms with E-state index in [1.54, 1.807) is 0 Å². The molecule has 1 aromatic carbocycles. The minimum atomic E-state index is -0.131. The maximum Gasteiger partial charge on any atom is 0.124 e. The van der Waals surface area contributed by atoms with Crippen molar-refractivity contribution in [1.29, 1.82) is 0 Å². The van der Waals surface area contributed by atoms with Gasteiger partial charge in [-0.25, -0.2) is 0 Å². The molecule has 76 valence electrons. The molecule has 3 heteroatoms. The molecule has 0 bridgehead atoms. The van der Waals surface area contributed by atoms with Crippen LogP contribution in [0.5, 0.6) is 5.75 Å². The number of nitrogens with two attached hydrogens (primary N) is 1. The Kier molecular flexibility index (Phi) is 2.54. The normalized spacial score (nSPS) is 17.9. The molecular formula is C11H14BrNO. The molecule has 0 radical (unpaired) electrons. The van der Waals surface area contributed by atoms with Gasteiger partial charge in [-0.3, -0.25) is 0 Å². The molecule has 2 N–H and O–H groups in total. The molecule has 1 aliphatic rings. The van der Waals surface area contributed by atoms with Gasteiger partial charge in [0.15, 0.2) is 0 Å². The zero-order valence-corrected chi connectivity index (χ0v) is 9.80. The van der Waals surface area contributed by atoms with Crippen LogP contribution in [-0.2, 0) is 5.54 Å². The number of halogens is 1. The van der Waals surface area contributed by atoms with E-state index in [9.17, 15) is 0 Å². The Morgan fingerprint density at radius 2 is 2.21 bits per heavy atom. The SMILES string of the molecule is CCOc1ccc(Br)cc1C1(N)CC1. The van der Waals surface area contributed by atoms with E-state index < -0.39 is 0 Å². The summed E-state index contributed by atoms with van der Waals surface area (Å²) >= 11 is 3.46. The van der Waals surface area contributed by atoms with Gasteiger partial charge in [0, 0.05) is 15.6 Å². The lowest BCUT2D eigenvalue weighted by atomic mass is 10.0. The maximum atomic E-state index is 6.17. The Balaban J connectivity index is 2.38. The summed E-state index contributed by atoms with van der Waals surface area (Å²) in [5.41, 5.74) is 7.17. The molecule has 0 heterocycles. The van der Waals surface area contributed by atoms with Crippen LogP contribution < -0.4 is 10.5 Å². The van der Waals surface area contributed by atoms with E-state index >= 15 is 0 Å². The van der Waals surface area contributed by atoms with Gasteiger partial charge in [0.2, 0.25) is 0 Å². The minimum absolute atomic E-state index is 0.131. The number of rotatable bonds is 3. The predicted molar refractivity (Wildman–Crippen MR) is 60.4 cm³/mol. The summed E-state index contributed by atoms with van der Waals surface area (Å²) in [5, 5.41) is 0. The molecule has 0 aliphatic heterocycles. The molecule has 1 aliphatic carbocycles. The lowest BCUT2D eigenvalue weighted by Crippen LogP contribution is -2.19. The van der Waals surface area contributed by atoms with Crippen LogP contribution >= 0.6 is 15.9 Å². The van der Waals surface area contributed by atoms with E-state index in [0.29, 0.717) is 6.61 Å². The second kappa shape index (κ2) is 3.55. The molecule has 1 aromatic rings. The smallest absolute Gasteiger partial charge is 0.124 e. The van der Waals surface area contributed by atoms with Crippen LogP contribution in [0.4, 0.5) is 0 Å². The zero-order chi connectivity index (χ0) is 10.2. The average molecular weight is 256 g/mol. The molecule has 0 atom stereocenters. The Labute approximate surface area is 92.6 Å². The van der Waals surface area contributed by atoms with Crippen molar-refractivity contribution < 1.29 is 4.74 Å². The van der Waals surface area contributed by atoms with Crippen LogP contribution in [0.25, 0.3) is 0 Å². The van der Waals surface area contributed by atoms with Crippen molar-refractivity contribution in [2.24, 2.45) is 5.73 Å². The number of hydrogen-bond acceptors (Lipinski definition) is 2. The van der Waals surface area contributed by atoms with Crippen molar-refractivity contribution in [2.45, 2.75) is 25.3 Å². The Morgan fingerprint density at radius 1 is 1.50 bits per heavy atom. The highest BCUT2D eigenvalue weighted by molar-refractivity contribution is 9.10. The maximum absolute atomic E-state index is 6.17. The first kappa shape index (κ1) is 9.99. The van der Waals surface area contributed by atoms with Gasteiger partial charge >= 0.3 is 0 Å². The van der Waals surface area contributed by atoms with Crippen molar-refractivity contribution in [3.05, 3.63) is 28.2 Å². The molecular weight excluding hydrogens is 242 g/mol. The first-order valence-electron chi connectivity index (χ1n) is 4.87. The summed E-state index contributed by atoms with van der Waals surface area (Å²) in [6.07, 6.45) is 2.12. The number of hydrogen-bond donors (Lipinski definition) is 1. The average Bonchev–Trinajstić information content (AvgIpc) is 2.89. The van der Waals surface area contributed by atoms with Crippen molar-refractivity contribution in [2.75, 3.05) is 6.61 Å². The van der Waals surface area contributed by atoms with Crippen molar-refractivity contribution in [3.8, 4) is 5.75 Å². The van der Waals surface area contributed by atoms with E-state index in [0.717, 1.165) is 28.6 Å². The van der Waals surface area contributed by atoms with E-state index in [2.05, 4.69) is 22.0 Å². The molecule has 2 rings (SSSR count). The van der Waals surface area contributed by atoms with Gasteiger partial charge in [-0.2, -0.15) is 0 Å². The van der Waals surface area contributed by atoms with Crippen LogP contribution in [0.1, 0.15) is 25.3 Å². The topological polar surface area (TPSA) is 35.2 Å². The van der Waals surface area contributed by atoms with Gasteiger partial charge < -0.3 is 10.5 Å². The third kappa shape index (κ3) is 1.79. The monoisotopic (exact) mass is 255 g/mol. The summed E-state index contributed by atoms with van der Waals surface area (Å²) in [5.74, 6) is 0.927. The van der Waals surface area contributed by atoms with Gasteiger partial charge in [-0.1, -0.05) is 15.9 Å². The highest BCUT2D eigenvalue weighted by atomic mass is 79.9. The summed E-state index contributed by atoms with van der Waals surface area (Å²) in [4.78, 5) is 0. The van der Waals surface area contributed by atoms with Gasteiger partial charge in [0.25, 0.3) is 0 Å². The highest BCUT2D eigenvalue weighted by Crippen LogP contribution is 2.47. The van der Waals surface area contributed by atoms with Crippen LogP contribution in [0.15, 0.2) is 22.7 Å². The predicted octanol–water partition coefficient (Wildman–Crippen LogP) is 2.80. The van der Waals surface area contributed by atoms with Crippen LogP contribution in [0.3, 0.4) is 0 Å². The minimum Gasteiger partial charge on any atom is -0.494 e. The Bertz CT molecular complexity index is 347. The lowest BCUT2D eigenvalue weighted by Gasteiger charge is -2.15. The van der Waals surface area contributed by atoms with Gasteiger partial charge in [-0.15, -0.1) is 0 Å². The summed E-state index contributed by atoms with van der Waals surface area (Å²) in [7, 11) is 0. The molecule has 14 heavy (non-hydrogen) atoms. The molecule has 0 unspecified atom stereocenters. The zero-order valence-electron chi connectivity index (χ0n) is 8.22. The second-order valence-electron chi connectivity index (χ2n) is 3.73. The van der Waals surface area contributed by atoms with Crippen molar-refractivity contribution >= 4 is 15.9 Å². The Hall–Kier alpha value is -0.540. The van der Waals surface area contributed by atoms with E-state index in [4.69, 9.17) is 10.5 Å². The molecule has 0 aromatic heterocycles. The van der Waals surface area contributed by atoms with Crippen molar-refractivity contribution in [3.63, 3.8) is 0 Å². The van der Waals surface area contributed by atoms with Crippen molar-refractivity contribution in [1.82, 2.24) is 0 Å². The summed E-state index contributed by atoms with van der Waals surface area (Å²) in [6.45, 7) is 2.67. The van der Waals surface area contributed by atoms with Crippen LogP contribution in [-0.4, -0.2) is 6.61 Å². The number of benzene rings is 1. The lowest BCUT2D eigenvalue weighted by molar-refractivity contribution is 0.333. The van der Waals surface area contributed by atoms with E-state index in [1.807, 2.05) is 19.1 Å². The first-order chi connectivity index (χ1) is 6.65. The fourth-order valence-corrected chi connectivity index (χ4v) is 1.94. The fraction of sp³-hybridized carbons (Fsp3) is 0.455. The third-order valence-corrected chi connectivity index (χ3v) is 3.06. The quantitative estimate of drug-likeness (QED) is 0.902. The molecule has 0 saturated heterocycles. The molecule has 0 amide bonds. The van der Waals surface area contributed by atoms with E-state index in [1.165, 1.54) is 0 Å². The van der Waals surface area contributed by atoms with Gasteiger partial charge in [-0.05, 0) is 38.0 Å².